The highest BCUT2D eigenvalue weighted by Crippen LogP contribution is 2.30. The Labute approximate surface area is 281 Å². The van der Waals surface area contributed by atoms with Gasteiger partial charge in [-0.3, -0.25) is 0 Å². The predicted molar refractivity (Wildman–Crippen MR) is 192 cm³/mol. The van der Waals surface area contributed by atoms with E-state index in [9.17, 15) is 9.90 Å². The second kappa shape index (κ2) is 17.2. The molecule has 1 N–H and O–H groups in total. The lowest BCUT2D eigenvalue weighted by Crippen LogP contribution is -2.08. The van der Waals surface area contributed by atoms with E-state index in [0.29, 0.717) is 10.0 Å². The van der Waals surface area contributed by atoms with E-state index in [0.717, 1.165) is 58.8 Å². The Bertz CT molecular complexity index is 1770. The number of hydrogen-bond donors (Lipinski definition) is 1. The summed E-state index contributed by atoms with van der Waals surface area (Å²) in [6.45, 7) is 3.87. The van der Waals surface area contributed by atoms with Crippen molar-refractivity contribution >= 4 is 35.2 Å². The van der Waals surface area contributed by atoms with Crippen LogP contribution in [0.3, 0.4) is 0 Å². The Balaban J connectivity index is 1.43. The van der Waals surface area contributed by atoms with Crippen LogP contribution in [0.4, 0.5) is 0 Å². The van der Waals surface area contributed by atoms with Crippen LogP contribution in [0.15, 0.2) is 150 Å². The minimum atomic E-state index is -0.947. The molecule has 4 rings (SSSR count). The zero-order valence-electron chi connectivity index (χ0n) is 26.2. The Morgan fingerprint density at radius 1 is 1.13 bits per heavy atom. The van der Waals surface area contributed by atoms with Crippen molar-refractivity contribution in [1.82, 2.24) is 9.55 Å². The third kappa shape index (κ3) is 10.5. The molecule has 46 heavy (non-hydrogen) atoms. The van der Waals surface area contributed by atoms with Gasteiger partial charge >= 0.3 is 5.97 Å². The maximum atomic E-state index is 11.5. The van der Waals surface area contributed by atoms with Gasteiger partial charge < -0.3 is 14.4 Å². The number of rotatable bonds is 9. The fourth-order valence-corrected chi connectivity index (χ4v) is 5.27. The van der Waals surface area contributed by atoms with E-state index in [1.807, 2.05) is 98.5 Å². The minimum absolute atomic E-state index is 0.161. The molecule has 0 saturated carbocycles. The van der Waals surface area contributed by atoms with Gasteiger partial charge in [0.1, 0.15) is 17.7 Å². The normalized spacial score (nSPS) is 21.6. The first kappa shape index (κ1) is 34.3. The SMILES string of the molecule is C\C=C/C(=C\C=C\C1=CC=C(/C=C/c2nc(-c3ccc(Cl)cc3Cl)cn2C)C=CC1)OC1/C=C/C=C\C(C(=O)O)=C/C(C)=C/CC1. The zero-order valence-corrected chi connectivity index (χ0v) is 27.7. The van der Waals surface area contributed by atoms with Gasteiger partial charge in [-0.15, -0.1) is 0 Å². The summed E-state index contributed by atoms with van der Waals surface area (Å²) in [5, 5.41) is 10.6. The first-order valence-corrected chi connectivity index (χ1v) is 15.9. The number of allylic oxidation sites excluding steroid dienone is 17. The molecule has 1 aromatic carbocycles. The summed E-state index contributed by atoms with van der Waals surface area (Å²) in [6.07, 6.45) is 37.4. The maximum Gasteiger partial charge on any atom is 0.335 e. The van der Waals surface area contributed by atoms with Crippen molar-refractivity contribution in [3.05, 3.63) is 166 Å². The number of imidazole rings is 1. The van der Waals surface area contributed by atoms with Crippen LogP contribution in [-0.2, 0) is 16.6 Å². The molecule has 5 nitrogen and oxygen atoms in total. The minimum Gasteiger partial charge on any atom is -0.486 e. The molecule has 2 aromatic rings. The number of aliphatic carboxylic acids is 1. The number of aryl methyl sites for hydroxylation is 1. The van der Waals surface area contributed by atoms with Gasteiger partial charge in [0.2, 0.25) is 0 Å². The number of carbonyl (C=O) groups is 1. The number of ether oxygens (including phenoxy) is 1. The van der Waals surface area contributed by atoms with Gasteiger partial charge in [-0.1, -0.05) is 95.6 Å². The largest absolute Gasteiger partial charge is 0.486 e. The third-order valence-electron chi connectivity index (χ3n) is 7.15. The molecule has 2 aliphatic carbocycles. The molecular weight excluding hydrogens is 615 g/mol. The van der Waals surface area contributed by atoms with E-state index >= 15 is 0 Å². The molecule has 0 saturated heterocycles. The molecule has 0 aliphatic heterocycles. The molecule has 7 heteroatoms. The van der Waals surface area contributed by atoms with Crippen LogP contribution >= 0.6 is 23.2 Å². The monoisotopic (exact) mass is 652 g/mol. The van der Waals surface area contributed by atoms with E-state index in [1.54, 1.807) is 24.3 Å². The highest BCUT2D eigenvalue weighted by atomic mass is 35.5. The topological polar surface area (TPSA) is 64.4 Å². The number of carboxylic acid groups (broad SMARTS) is 1. The molecule has 2 aliphatic rings. The highest BCUT2D eigenvalue weighted by Gasteiger charge is 2.10. The van der Waals surface area contributed by atoms with Crippen molar-refractivity contribution in [2.45, 2.75) is 39.2 Å². The molecule has 0 fully saturated rings. The summed E-state index contributed by atoms with van der Waals surface area (Å²) in [6, 6.07) is 5.41. The van der Waals surface area contributed by atoms with Crippen LogP contribution in [0.5, 0.6) is 0 Å². The lowest BCUT2D eigenvalue weighted by molar-refractivity contribution is -0.132. The van der Waals surface area contributed by atoms with Crippen LogP contribution in [0.1, 0.15) is 38.9 Å². The number of nitrogens with zero attached hydrogens (tertiary/aromatic N) is 2. The van der Waals surface area contributed by atoms with E-state index in [4.69, 9.17) is 32.9 Å². The summed E-state index contributed by atoms with van der Waals surface area (Å²) in [5.74, 6) is 0.613. The van der Waals surface area contributed by atoms with Crippen LogP contribution in [0.25, 0.3) is 17.3 Å². The molecule has 236 valence electrons. The average Bonchev–Trinajstić information content (AvgIpc) is 3.21. The molecule has 1 heterocycles. The summed E-state index contributed by atoms with van der Waals surface area (Å²) in [4.78, 5) is 16.2. The molecular formula is C39H38Cl2N2O3. The van der Waals surface area contributed by atoms with Gasteiger partial charge in [0, 0.05) is 23.8 Å². The molecule has 1 atom stereocenters. The highest BCUT2D eigenvalue weighted by molar-refractivity contribution is 6.36. The van der Waals surface area contributed by atoms with Crippen molar-refractivity contribution in [1.29, 1.82) is 0 Å². The van der Waals surface area contributed by atoms with Gasteiger partial charge in [0.15, 0.2) is 0 Å². The van der Waals surface area contributed by atoms with Gasteiger partial charge in [0.05, 0.1) is 16.3 Å². The summed E-state index contributed by atoms with van der Waals surface area (Å²) in [5.41, 5.74) is 5.02. The third-order valence-corrected chi connectivity index (χ3v) is 7.70. The number of benzene rings is 1. The van der Waals surface area contributed by atoms with E-state index in [-0.39, 0.29) is 11.7 Å². The quantitative estimate of drug-likeness (QED) is 0.216. The molecule has 0 bridgehead atoms. The van der Waals surface area contributed by atoms with E-state index in [1.165, 1.54) is 0 Å². The van der Waals surface area contributed by atoms with Crippen LogP contribution in [0.2, 0.25) is 10.0 Å². The number of aromatic nitrogens is 2. The van der Waals surface area contributed by atoms with Crippen LogP contribution < -0.4 is 0 Å². The average molecular weight is 654 g/mol. The van der Waals surface area contributed by atoms with E-state index < -0.39 is 5.97 Å². The van der Waals surface area contributed by atoms with Crippen molar-refractivity contribution < 1.29 is 14.6 Å². The van der Waals surface area contributed by atoms with Gasteiger partial charge in [-0.05, 0) is 98.9 Å². The molecule has 1 aromatic heterocycles. The first-order chi connectivity index (χ1) is 22.2. The van der Waals surface area contributed by atoms with Crippen molar-refractivity contribution in [3.8, 4) is 11.3 Å². The zero-order chi connectivity index (χ0) is 32.9. The Kier molecular flexibility index (Phi) is 12.8. The molecule has 0 amide bonds. The second-order valence-electron chi connectivity index (χ2n) is 10.8. The summed E-state index contributed by atoms with van der Waals surface area (Å²) >= 11 is 12.4. The standard InChI is InChI=1S/C39H38Cl2N2O3/c1-4-10-33(46-34-16-6-5-15-31(39(44)45)25-28(2)11-7-17-34)18-9-14-29-12-8-13-30(20-19-29)21-24-38-42-37(27-43(38)3)35-23-22-32(40)26-36(35)41/h4-6,8-11,13-16,18-27,34H,7,12,17H2,1-3H3,(H,44,45)/b10-4-,14-9+,15-5-,16-6+,24-21+,28-11+,31-25+,33-18+. The van der Waals surface area contributed by atoms with Crippen molar-refractivity contribution in [2.24, 2.45) is 7.05 Å². The summed E-state index contributed by atoms with van der Waals surface area (Å²) in [7, 11) is 1.96. The fraction of sp³-hybridized carbons (Fsp3) is 0.179. The summed E-state index contributed by atoms with van der Waals surface area (Å²) < 4.78 is 8.30. The van der Waals surface area contributed by atoms with Crippen molar-refractivity contribution in [2.75, 3.05) is 0 Å². The number of halogens is 2. The van der Waals surface area contributed by atoms with Crippen molar-refractivity contribution in [3.63, 3.8) is 0 Å². The fourth-order valence-electron chi connectivity index (χ4n) is 4.77. The predicted octanol–water partition coefficient (Wildman–Crippen LogP) is 10.5. The molecule has 1 unspecified atom stereocenters. The first-order valence-electron chi connectivity index (χ1n) is 15.1. The Morgan fingerprint density at radius 2 is 1.98 bits per heavy atom. The lowest BCUT2D eigenvalue weighted by atomic mass is 10.1. The maximum absolute atomic E-state index is 11.5. The smallest absolute Gasteiger partial charge is 0.335 e. The second-order valence-corrected chi connectivity index (χ2v) is 11.7. The van der Waals surface area contributed by atoms with E-state index in [2.05, 4.69) is 30.4 Å². The van der Waals surface area contributed by atoms with Gasteiger partial charge in [-0.2, -0.15) is 0 Å². The Morgan fingerprint density at radius 3 is 2.76 bits per heavy atom. The van der Waals surface area contributed by atoms with Crippen LogP contribution in [0, 0.1) is 0 Å². The number of hydrogen-bond acceptors (Lipinski definition) is 3. The number of carboxylic acids is 1. The lowest BCUT2D eigenvalue weighted by Gasteiger charge is -2.16. The molecule has 0 radical (unpaired) electrons. The molecule has 0 spiro atoms. The van der Waals surface area contributed by atoms with Gasteiger partial charge in [0.25, 0.3) is 0 Å². The van der Waals surface area contributed by atoms with Crippen LogP contribution in [-0.4, -0.2) is 26.7 Å². The van der Waals surface area contributed by atoms with Gasteiger partial charge in [-0.25, -0.2) is 9.78 Å². The Hall–Kier alpha value is -4.58.